The predicted octanol–water partition coefficient (Wildman–Crippen LogP) is 0.894. The summed E-state index contributed by atoms with van der Waals surface area (Å²) in [7, 11) is -0.853. The number of hydrogen-bond donors (Lipinski definition) is 1. The van der Waals surface area contributed by atoms with Gasteiger partial charge >= 0.3 is 5.97 Å². The van der Waals surface area contributed by atoms with Crippen LogP contribution >= 0.6 is 0 Å². The first-order valence-electron chi connectivity index (χ1n) is 5.96. The smallest absolute Gasteiger partial charge is 0.306 e. The van der Waals surface area contributed by atoms with Crippen molar-refractivity contribution in [3.8, 4) is 0 Å². The maximum atomic E-state index is 12.0. The Morgan fingerprint density at radius 3 is 2.39 bits per heavy atom. The maximum absolute atomic E-state index is 12.0. The molecular formula is C11H24N2O4S. The van der Waals surface area contributed by atoms with Gasteiger partial charge in [-0.25, -0.2) is 0 Å². The normalized spacial score (nSPS) is 12.8. The zero-order valence-electron chi connectivity index (χ0n) is 11.8. The zero-order valence-corrected chi connectivity index (χ0v) is 12.6. The second kappa shape index (κ2) is 7.06. The van der Waals surface area contributed by atoms with Crippen LogP contribution in [-0.2, 0) is 19.7 Å². The number of nitrogens with zero attached hydrogens (tertiary/aromatic N) is 1. The standard InChI is InChI=1S/C11H24N2O4S/c1-6-8-11(2,3)12-18(15,16)13(4)9-7-10(14)17-5/h12H,6-9H2,1-5H3. The number of nitrogens with one attached hydrogen (secondary N) is 1. The molecule has 7 heteroatoms. The average molecular weight is 280 g/mol. The third-order valence-electron chi connectivity index (χ3n) is 2.55. The van der Waals surface area contributed by atoms with Gasteiger partial charge in [-0.05, 0) is 20.3 Å². The van der Waals surface area contributed by atoms with Crippen LogP contribution < -0.4 is 4.72 Å². The summed E-state index contributed by atoms with van der Waals surface area (Å²) in [5.41, 5.74) is -0.493. The molecule has 0 fully saturated rings. The molecule has 1 N–H and O–H groups in total. The van der Waals surface area contributed by atoms with E-state index in [-0.39, 0.29) is 13.0 Å². The molecule has 0 aliphatic heterocycles. The van der Waals surface area contributed by atoms with Gasteiger partial charge in [0.25, 0.3) is 10.2 Å². The van der Waals surface area contributed by atoms with Crippen molar-refractivity contribution in [1.29, 1.82) is 0 Å². The largest absolute Gasteiger partial charge is 0.469 e. The second-order valence-corrected chi connectivity index (χ2v) is 6.67. The van der Waals surface area contributed by atoms with Crippen molar-refractivity contribution in [2.24, 2.45) is 0 Å². The van der Waals surface area contributed by atoms with Crippen LogP contribution in [0, 0.1) is 0 Å². The van der Waals surface area contributed by atoms with Crippen LogP contribution in [0.5, 0.6) is 0 Å². The molecule has 108 valence electrons. The van der Waals surface area contributed by atoms with E-state index in [1.54, 1.807) is 0 Å². The fourth-order valence-corrected chi connectivity index (χ4v) is 2.86. The summed E-state index contributed by atoms with van der Waals surface area (Å²) >= 11 is 0. The molecule has 0 aromatic rings. The summed E-state index contributed by atoms with van der Waals surface area (Å²) < 4.78 is 32.2. The van der Waals surface area contributed by atoms with Gasteiger partial charge < -0.3 is 4.74 Å². The number of carbonyl (C=O) groups excluding carboxylic acids is 1. The van der Waals surface area contributed by atoms with Gasteiger partial charge in [0.2, 0.25) is 0 Å². The molecule has 0 aliphatic carbocycles. The molecule has 0 aromatic carbocycles. The lowest BCUT2D eigenvalue weighted by atomic mass is 10.0. The SMILES string of the molecule is CCCC(C)(C)NS(=O)(=O)N(C)CCC(=O)OC. The van der Waals surface area contributed by atoms with E-state index >= 15 is 0 Å². The molecule has 0 heterocycles. The molecule has 0 spiro atoms. The van der Waals surface area contributed by atoms with Crippen LogP contribution in [0.4, 0.5) is 0 Å². The van der Waals surface area contributed by atoms with Crippen LogP contribution in [0.2, 0.25) is 0 Å². The highest BCUT2D eigenvalue weighted by Crippen LogP contribution is 2.13. The molecule has 0 unspecified atom stereocenters. The highest BCUT2D eigenvalue weighted by molar-refractivity contribution is 7.87. The molecule has 0 aromatic heterocycles. The first-order valence-corrected chi connectivity index (χ1v) is 7.40. The van der Waals surface area contributed by atoms with E-state index in [0.29, 0.717) is 0 Å². The van der Waals surface area contributed by atoms with Crippen LogP contribution in [0.15, 0.2) is 0 Å². The molecule has 0 radical (unpaired) electrons. The number of methoxy groups -OCH3 is 1. The predicted molar refractivity (Wildman–Crippen MR) is 70.3 cm³/mol. The number of hydrogen-bond acceptors (Lipinski definition) is 4. The zero-order chi connectivity index (χ0) is 14.4. The molecule has 0 aliphatic rings. The average Bonchev–Trinajstić information content (AvgIpc) is 2.23. The highest BCUT2D eigenvalue weighted by atomic mass is 32.2. The number of carbonyl (C=O) groups is 1. The Kier molecular flexibility index (Phi) is 6.80. The third-order valence-corrected chi connectivity index (χ3v) is 4.36. The van der Waals surface area contributed by atoms with Crippen LogP contribution in [0.25, 0.3) is 0 Å². The fraction of sp³-hybridized carbons (Fsp3) is 0.909. The highest BCUT2D eigenvalue weighted by Gasteiger charge is 2.27. The van der Waals surface area contributed by atoms with Crippen molar-refractivity contribution in [2.75, 3.05) is 20.7 Å². The number of ether oxygens (including phenoxy) is 1. The molecule has 6 nitrogen and oxygen atoms in total. The van der Waals surface area contributed by atoms with Gasteiger partial charge in [-0.3, -0.25) is 4.79 Å². The molecule has 0 saturated carbocycles. The van der Waals surface area contributed by atoms with Gasteiger partial charge in [-0.1, -0.05) is 13.3 Å². The monoisotopic (exact) mass is 280 g/mol. The van der Waals surface area contributed by atoms with Gasteiger partial charge in [0.05, 0.1) is 13.5 Å². The Balaban J connectivity index is 4.49. The van der Waals surface area contributed by atoms with Gasteiger partial charge in [-0.15, -0.1) is 0 Å². The van der Waals surface area contributed by atoms with Gasteiger partial charge in [0.1, 0.15) is 0 Å². The Bertz CT molecular complexity index is 365. The van der Waals surface area contributed by atoms with Crippen molar-refractivity contribution in [2.45, 2.75) is 45.6 Å². The Morgan fingerprint density at radius 1 is 1.39 bits per heavy atom. The lowest BCUT2D eigenvalue weighted by Crippen LogP contribution is -2.49. The first-order chi connectivity index (χ1) is 8.14. The fourth-order valence-electron chi connectivity index (χ4n) is 1.57. The molecule has 0 saturated heterocycles. The summed E-state index contributed by atoms with van der Waals surface area (Å²) in [5, 5.41) is 0. The third kappa shape index (κ3) is 6.32. The van der Waals surface area contributed by atoms with Gasteiger partial charge in [0.15, 0.2) is 0 Å². The first kappa shape index (κ1) is 17.3. The lowest BCUT2D eigenvalue weighted by molar-refractivity contribution is -0.140. The summed E-state index contributed by atoms with van der Waals surface area (Å²) in [5.74, 6) is -0.426. The van der Waals surface area contributed by atoms with Crippen LogP contribution in [0.3, 0.4) is 0 Å². The van der Waals surface area contributed by atoms with Crippen molar-refractivity contribution < 1.29 is 17.9 Å². The Morgan fingerprint density at radius 2 is 1.94 bits per heavy atom. The van der Waals surface area contributed by atoms with E-state index in [4.69, 9.17) is 0 Å². The summed E-state index contributed by atoms with van der Waals surface area (Å²) in [4.78, 5) is 11.0. The van der Waals surface area contributed by atoms with Crippen LogP contribution in [0.1, 0.15) is 40.0 Å². The Hall–Kier alpha value is -0.660. The number of rotatable bonds is 8. The van der Waals surface area contributed by atoms with Crippen molar-refractivity contribution >= 4 is 16.2 Å². The van der Waals surface area contributed by atoms with Crippen LogP contribution in [-0.4, -0.2) is 44.9 Å². The molecule has 0 atom stereocenters. The van der Waals surface area contributed by atoms with Gasteiger partial charge in [-0.2, -0.15) is 17.4 Å². The maximum Gasteiger partial charge on any atom is 0.306 e. The van der Waals surface area contributed by atoms with Gasteiger partial charge in [0, 0.05) is 19.1 Å². The summed E-state index contributed by atoms with van der Waals surface area (Å²) in [6, 6.07) is 0. The van der Waals surface area contributed by atoms with Crippen molar-refractivity contribution in [3.05, 3.63) is 0 Å². The molecule has 0 rings (SSSR count). The minimum absolute atomic E-state index is 0.0438. The van der Waals surface area contributed by atoms with E-state index < -0.39 is 21.7 Å². The quantitative estimate of drug-likeness (QED) is 0.670. The Labute approximate surface area is 110 Å². The molecule has 0 bridgehead atoms. The molecule has 0 amide bonds. The molecular weight excluding hydrogens is 256 g/mol. The van der Waals surface area contributed by atoms with E-state index in [9.17, 15) is 13.2 Å². The minimum Gasteiger partial charge on any atom is -0.469 e. The van der Waals surface area contributed by atoms with Crippen molar-refractivity contribution in [1.82, 2.24) is 9.03 Å². The molecule has 18 heavy (non-hydrogen) atoms. The second-order valence-electron chi connectivity index (χ2n) is 4.89. The van der Waals surface area contributed by atoms with E-state index in [2.05, 4.69) is 9.46 Å². The minimum atomic E-state index is -3.57. The lowest BCUT2D eigenvalue weighted by Gasteiger charge is -2.28. The van der Waals surface area contributed by atoms with E-state index in [1.165, 1.54) is 14.2 Å². The van der Waals surface area contributed by atoms with Crippen molar-refractivity contribution in [3.63, 3.8) is 0 Å². The topological polar surface area (TPSA) is 75.7 Å². The van der Waals surface area contributed by atoms with E-state index in [0.717, 1.165) is 17.1 Å². The number of esters is 1. The van der Waals surface area contributed by atoms with E-state index in [1.807, 2.05) is 20.8 Å². The summed E-state index contributed by atoms with van der Waals surface area (Å²) in [6.07, 6.45) is 1.68. The summed E-state index contributed by atoms with van der Waals surface area (Å²) in [6.45, 7) is 5.77.